The molecule has 0 spiro atoms. The average Bonchev–Trinajstić information content (AvgIpc) is 2.14. The second-order valence-corrected chi connectivity index (χ2v) is 2.39. The third-order valence-corrected chi connectivity index (χ3v) is 1.28. The molecule has 1 amide bonds. The first kappa shape index (κ1) is 12.3. The zero-order valence-electron chi connectivity index (χ0n) is 8.87. The van der Waals surface area contributed by atoms with E-state index < -0.39 is 0 Å². The van der Waals surface area contributed by atoms with Crippen molar-refractivity contribution in [1.29, 1.82) is 0 Å². The lowest BCUT2D eigenvalue weighted by Crippen LogP contribution is -2.21. The first-order chi connectivity index (χ1) is 6.59. The van der Waals surface area contributed by atoms with Crippen molar-refractivity contribution >= 4 is 11.7 Å². The van der Waals surface area contributed by atoms with E-state index in [0.717, 1.165) is 0 Å². The van der Waals surface area contributed by atoms with Crippen LogP contribution >= 0.6 is 0 Å². The molecule has 0 aliphatic heterocycles. The molecule has 0 saturated heterocycles. The van der Waals surface area contributed by atoms with Crippen molar-refractivity contribution in [1.82, 2.24) is 9.55 Å². The van der Waals surface area contributed by atoms with Crippen molar-refractivity contribution in [2.45, 2.75) is 20.8 Å². The van der Waals surface area contributed by atoms with Gasteiger partial charge in [0.05, 0.1) is 0 Å². The minimum Gasteiger partial charge on any atom is -0.311 e. The number of carbonyl (C=O) groups is 1. The van der Waals surface area contributed by atoms with Gasteiger partial charge in [-0.2, -0.15) is 4.98 Å². The SMILES string of the molecule is CC.CC(=O)Nc1ccn(C)c(=O)n1. The molecule has 78 valence electrons. The summed E-state index contributed by atoms with van der Waals surface area (Å²) < 4.78 is 1.32. The van der Waals surface area contributed by atoms with E-state index in [0.29, 0.717) is 0 Å². The molecule has 0 aromatic carbocycles. The molecule has 5 nitrogen and oxygen atoms in total. The van der Waals surface area contributed by atoms with Gasteiger partial charge in [-0.05, 0) is 6.07 Å². The molecule has 0 bridgehead atoms. The van der Waals surface area contributed by atoms with Crippen molar-refractivity contribution < 1.29 is 4.79 Å². The Bertz CT molecular complexity index is 357. The number of nitrogens with one attached hydrogen (secondary N) is 1. The summed E-state index contributed by atoms with van der Waals surface area (Å²) in [6.07, 6.45) is 1.54. The van der Waals surface area contributed by atoms with Gasteiger partial charge in [0, 0.05) is 20.2 Å². The van der Waals surface area contributed by atoms with Gasteiger partial charge < -0.3 is 9.88 Å². The maximum absolute atomic E-state index is 10.9. The Balaban J connectivity index is 0.000000791. The van der Waals surface area contributed by atoms with Crippen molar-refractivity contribution in [2.24, 2.45) is 7.05 Å². The van der Waals surface area contributed by atoms with E-state index in [9.17, 15) is 9.59 Å². The highest BCUT2D eigenvalue weighted by Gasteiger charge is 1.97. The van der Waals surface area contributed by atoms with Gasteiger partial charge in [-0.1, -0.05) is 13.8 Å². The minimum absolute atomic E-state index is 0.240. The standard InChI is InChI=1S/C7H9N3O2.C2H6/c1-5(11)8-6-3-4-10(2)7(12)9-6;1-2/h3-4H,1-2H3,(H,8,9,11,12);1-2H3. The van der Waals surface area contributed by atoms with Gasteiger partial charge in [0.25, 0.3) is 0 Å². The Labute approximate surface area is 82.8 Å². The van der Waals surface area contributed by atoms with Crippen LogP contribution in [0.4, 0.5) is 5.82 Å². The molecule has 0 saturated carbocycles. The molecule has 0 fully saturated rings. The average molecular weight is 197 g/mol. The Morgan fingerprint density at radius 1 is 1.50 bits per heavy atom. The topological polar surface area (TPSA) is 64.0 Å². The fourth-order valence-corrected chi connectivity index (χ4v) is 0.715. The summed E-state index contributed by atoms with van der Waals surface area (Å²) in [6, 6.07) is 1.56. The van der Waals surface area contributed by atoms with E-state index in [2.05, 4.69) is 10.3 Å². The highest BCUT2D eigenvalue weighted by molar-refractivity contribution is 5.87. The minimum atomic E-state index is -0.388. The quantitative estimate of drug-likeness (QED) is 0.723. The Hall–Kier alpha value is -1.65. The van der Waals surface area contributed by atoms with Crippen LogP contribution in [-0.2, 0) is 11.8 Å². The number of carbonyl (C=O) groups excluding carboxylic acids is 1. The molecule has 0 unspecified atom stereocenters. The molecule has 0 aliphatic carbocycles. The summed E-state index contributed by atoms with van der Waals surface area (Å²) >= 11 is 0. The number of amides is 1. The summed E-state index contributed by atoms with van der Waals surface area (Å²) in [5.41, 5.74) is -0.388. The first-order valence-electron chi connectivity index (χ1n) is 4.41. The van der Waals surface area contributed by atoms with Gasteiger partial charge in [-0.15, -0.1) is 0 Å². The molecule has 1 heterocycles. The highest BCUT2D eigenvalue weighted by Crippen LogP contribution is 1.95. The molecule has 0 aliphatic rings. The predicted molar refractivity (Wildman–Crippen MR) is 55.1 cm³/mol. The molecule has 0 atom stereocenters. The van der Waals surface area contributed by atoms with Gasteiger partial charge in [-0.3, -0.25) is 4.79 Å². The molecule has 1 aromatic heterocycles. The van der Waals surface area contributed by atoms with Crippen LogP contribution in [0.3, 0.4) is 0 Å². The van der Waals surface area contributed by atoms with Crippen LogP contribution in [0, 0.1) is 0 Å². The fraction of sp³-hybridized carbons (Fsp3) is 0.444. The van der Waals surface area contributed by atoms with Crippen LogP contribution in [0.25, 0.3) is 0 Å². The second-order valence-electron chi connectivity index (χ2n) is 2.39. The van der Waals surface area contributed by atoms with Crippen molar-refractivity contribution in [2.75, 3.05) is 5.32 Å². The first-order valence-corrected chi connectivity index (χ1v) is 4.41. The van der Waals surface area contributed by atoms with E-state index in [4.69, 9.17) is 0 Å². The molecule has 0 radical (unpaired) electrons. The van der Waals surface area contributed by atoms with Gasteiger partial charge in [-0.25, -0.2) is 4.79 Å². The maximum atomic E-state index is 10.9. The molecule has 1 N–H and O–H groups in total. The van der Waals surface area contributed by atoms with Crippen molar-refractivity contribution in [3.63, 3.8) is 0 Å². The van der Waals surface area contributed by atoms with Crippen molar-refractivity contribution in [3.8, 4) is 0 Å². The van der Waals surface area contributed by atoms with Crippen LogP contribution < -0.4 is 11.0 Å². The number of rotatable bonds is 1. The number of aromatic nitrogens is 2. The number of nitrogens with zero attached hydrogens (tertiary/aromatic N) is 2. The van der Waals surface area contributed by atoms with E-state index in [-0.39, 0.29) is 17.4 Å². The lowest BCUT2D eigenvalue weighted by Gasteiger charge is -2.00. The molecule has 14 heavy (non-hydrogen) atoms. The summed E-state index contributed by atoms with van der Waals surface area (Å²) in [5.74, 6) is 0.0429. The lowest BCUT2D eigenvalue weighted by molar-refractivity contribution is -0.114. The third kappa shape index (κ3) is 3.84. The van der Waals surface area contributed by atoms with Crippen LogP contribution in [-0.4, -0.2) is 15.5 Å². The van der Waals surface area contributed by atoms with Crippen LogP contribution in [0.2, 0.25) is 0 Å². The second kappa shape index (κ2) is 5.90. The maximum Gasteiger partial charge on any atom is 0.349 e. The summed E-state index contributed by atoms with van der Waals surface area (Å²) in [6.45, 7) is 5.36. The normalized spacial score (nSPS) is 8.57. The van der Waals surface area contributed by atoms with Gasteiger partial charge >= 0.3 is 5.69 Å². The third-order valence-electron chi connectivity index (χ3n) is 1.28. The monoisotopic (exact) mass is 197 g/mol. The largest absolute Gasteiger partial charge is 0.349 e. The van der Waals surface area contributed by atoms with Crippen LogP contribution in [0.5, 0.6) is 0 Å². The molecule has 1 aromatic rings. The Morgan fingerprint density at radius 2 is 2.07 bits per heavy atom. The lowest BCUT2D eigenvalue weighted by atomic mass is 10.5. The summed E-state index contributed by atoms with van der Waals surface area (Å²) in [5, 5.41) is 2.41. The highest BCUT2D eigenvalue weighted by atomic mass is 16.2. The van der Waals surface area contributed by atoms with Gasteiger partial charge in [0.1, 0.15) is 5.82 Å². The molecule has 5 heteroatoms. The fourth-order valence-electron chi connectivity index (χ4n) is 0.715. The zero-order valence-corrected chi connectivity index (χ0v) is 8.87. The van der Waals surface area contributed by atoms with E-state index >= 15 is 0 Å². The molecular formula is C9H15N3O2. The summed E-state index contributed by atoms with van der Waals surface area (Å²) in [4.78, 5) is 25.1. The van der Waals surface area contributed by atoms with Crippen LogP contribution in [0.1, 0.15) is 20.8 Å². The van der Waals surface area contributed by atoms with Crippen molar-refractivity contribution in [3.05, 3.63) is 22.7 Å². The zero-order chi connectivity index (χ0) is 11.1. The Kier molecular flexibility index (Phi) is 5.21. The number of hydrogen-bond acceptors (Lipinski definition) is 3. The summed E-state index contributed by atoms with van der Waals surface area (Å²) in [7, 11) is 1.59. The van der Waals surface area contributed by atoms with Gasteiger partial charge in [0.2, 0.25) is 5.91 Å². The van der Waals surface area contributed by atoms with E-state index in [1.807, 2.05) is 13.8 Å². The van der Waals surface area contributed by atoms with Gasteiger partial charge in [0.15, 0.2) is 0 Å². The molecule has 1 rings (SSSR count). The number of anilines is 1. The van der Waals surface area contributed by atoms with E-state index in [1.165, 1.54) is 11.5 Å². The predicted octanol–water partition coefficient (Wildman–Crippen LogP) is 0.765. The Morgan fingerprint density at radius 3 is 2.50 bits per heavy atom. The van der Waals surface area contributed by atoms with Crippen LogP contribution in [0.15, 0.2) is 17.1 Å². The number of aryl methyl sites for hydroxylation is 1. The molecular weight excluding hydrogens is 182 g/mol. The smallest absolute Gasteiger partial charge is 0.311 e. The number of hydrogen-bond donors (Lipinski definition) is 1. The van der Waals surface area contributed by atoms with E-state index in [1.54, 1.807) is 19.3 Å².